The summed E-state index contributed by atoms with van der Waals surface area (Å²) < 4.78 is 0. The SMILES string of the molecule is CCNC(C)CCCSCC(=O)N(CC)CC. The molecule has 0 aliphatic rings. The lowest BCUT2D eigenvalue weighted by atomic mass is 10.2. The molecule has 0 bridgehead atoms. The zero-order valence-corrected chi connectivity index (χ0v) is 12.6. The summed E-state index contributed by atoms with van der Waals surface area (Å²) in [5.41, 5.74) is 0. The summed E-state index contributed by atoms with van der Waals surface area (Å²) in [6.07, 6.45) is 2.38. The van der Waals surface area contributed by atoms with Crippen LogP contribution in [0.1, 0.15) is 40.5 Å². The van der Waals surface area contributed by atoms with Crippen LogP contribution in [-0.2, 0) is 4.79 Å². The van der Waals surface area contributed by atoms with E-state index in [4.69, 9.17) is 0 Å². The van der Waals surface area contributed by atoms with Crippen molar-refractivity contribution in [2.45, 2.75) is 46.6 Å². The Hall–Kier alpha value is -0.220. The van der Waals surface area contributed by atoms with Crippen LogP contribution >= 0.6 is 11.8 Å². The van der Waals surface area contributed by atoms with Crippen molar-refractivity contribution in [3.8, 4) is 0 Å². The van der Waals surface area contributed by atoms with Crippen LogP contribution in [0.25, 0.3) is 0 Å². The van der Waals surface area contributed by atoms with Gasteiger partial charge >= 0.3 is 0 Å². The Morgan fingerprint density at radius 3 is 2.47 bits per heavy atom. The van der Waals surface area contributed by atoms with Crippen molar-refractivity contribution in [3.05, 3.63) is 0 Å². The van der Waals surface area contributed by atoms with Crippen LogP contribution in [0.5, 0.6) is 0 Å². The number of hydrogen-bond donors (Lipinski definition) is 1. The van der Waals surface area contributed by atoms with Crippen molar-refractivity contribution < 1.29 is 4.79 Å². The van der Waals surface area contributed by atoms with Crippen LogP contribution in [-0.4, -0.2) is 48.0 Å². The molecule has 1 amide bonds. The second kappa shape index (κ2) is 10.9. The van der Waals surface area contributed by atoms with E-state index in [2.05, 4.69) is 19.2 Å². The van der Waals surface area contributed by atoms with E-state index in [0.717, 1.165) is 25.4 Å². The molecule has 0 saturated heterocycles. The molecule has 17 heavy (non-hydrogen) atoms. The standard InChI is InChI=1S/C13H28N2OS/c1-5-14-12(4)9-8-10-17-11-13(16)15(6-2)7-3/h12,14H,5-11H2,1-4H3. The molecule has 0 aromatic rings. The minimum absolute atomic E-state index is 0.278. The van der Waals surface area contributed by atoms with Crippen LogP contribution in [0.3, 0.4) is 0 Å². The maximum atomic E-state index is 11.7. The zero-order chi connectivity index (χ0) is 13.1. The maximum absolute atomic E-state index is 11.7. The minimum Gasteiger partial charge on any atom is -0.343 e. The van der Waals surface area contributed by atoms with Gasteiger partial charge in [-0.3, -0.25) is 4.79 Å². The predicted octanol–water partition coefficient (Wildman–Crippen LogP) is 2.37. The highest BCUT2D eigenvalue weighted by Crippen LogP contribution is 2.08. The van der Waals surface area contributed by atoms with Crippen LogP contribution in [0.15, 0.2) is 0 Å². The topological polar surface area (TPSA) is 32.3 Å². The molecular weight excluding hydrogens is 232 g/mol. The number of thioether (sulfide) groups is 1. The predicted molar refractivity (Wildman–Crippen MR) is 77.6 cm³/mol. The van der Waals surface area contributed by atoms with E-state index in [9.17, 15) is 4.79 Å². The van der Waals surface area contributed by atoms with Crippen molar-refractivity contribution in [1.29, 1.82) is 0 Å². The third-order valence-corrected chi connectivity index (χ3v) is 3.85. The molecule has 4 heteroatoms. The molecule has 1 atom stereocenters. The number of nitrogens with one attached hydrogen (secondary N) is 1. The molecule has 0 radical (unpaired) electrons. The quantitative estimate of drug-likeness (QED) is 0.612. The van der Waals surface area contributed by atoms with Gasteiger partial charge in [0.1, 0.15) is 0 Å². The van der Waals surface area contributed by atoms with Gasteiger partial charge in [-0.05, 0) is 45.9 Å². The number of amides is 1. The van der Waals surface area contributed by atoms with E-state index in [-0.39, 0.29) is 5.91 Å². The van der Waals surface area contributed by atoms with Crippen LogP contribution in [0, 0.1) is 0 Å². The first kappa shape index (κ1) is 16.8. The normalized spacial score (nSPS) is 12.5. The molecule has 0 heterocycles. The lowest BCUT2D eigenvalue weighted by Crippen LogP contribution is -2.32. The van der Waals surface area contributed by atoms with Gasteiger partial charge in [0.15, 0.2) is 0 Å². The molecule has 0 aromatic heterocycles. The van der Waals surface area contributed by atoms with Gasteiger partial charge in [0.25, 0.3) is 0 Å². The van der Waals surface area contributed by atoms with E-state index in [1.54, 1.807) is 11.8 Å². The Balaban J connectivity index is 3.48. The highest BCUT2D eigenvalue weighted by molar-refractivity contribution is 7.99. The van der Waals surface area contributed by atoms with Crippen molar-refractivity contribution >= 4 is 17.7 Å². The van der Waals surface area contributed by atoms with E-state index >= 15 is 0 Å². The fraction of sp³-hybridized carbons (Fsp3) is 0.923. The molecule has 102 valence electrons. The zero-order valence-electron chi connectivity index (χ0n) is 11.8. The summed E-state index contributed by atoms with van der Waals surface area (Å²) in [6.45, 7) is 11.1. The molecule has 0 fully saturated rings. The first-order valence-corrected chi connectivity index (χ1v) is 7.89. The van der Waals surface area contributed by atoms with E-state index in [0.29, 0.717) is 11.8 Å². The second-order valence-corrected chi connectivity index (χ2v) is 5.32. The van der Waals surface area contributed by atoms with Crippen LogP contribution in [0.4, 0.5) is 0 Å². The number of nitrogens with zero attached hydrogens (tertiary/aromatic N) is 1. The Kier molecular flexibility index (Phi) is 10.8. The van der Waals surface area contributed by atoms with Gasteiger partial charge in [-0.15, -0.1) is 0 Å². The fourth-order valence-electron chi connectivity index (χ4n) is 1.77. The first-order valence-electron chi connectivity index (χ1n) is 6.74. The van der Waals surface area contributed by atoms with Crippen LogP contribution < -0.4 is 5.32 Å². The van der Waals surface area contributed by atoms with Gasteiger partial charge in [0.05, 0.1) is 5.75 Å². The summed E-state index contributed by atoms with van der Waals surface area (Å²) in [5.74, 6) is 2.00. The molecule has 3 nitrogen and oxygen atoms in total. The van der Waals surface area contributed by atoms with Crippen molar-refractivity contribution in [2.24, 2.45) is 0 Å². The number of carbonyl (C=O) groups is 1. The molecule has 0 rings (SSSR count). The minimum atomic E-state index is 0.278. The lowest BCUT2D eigenvalue weighted by Gasteiger charge is -2.18. The van der Waals surface area contributed by atoms with Gasteiger partial charge in [0, 0.05) is 19.1 Å². The number of rotatable bonds is 10. The highest BCUT2D eigenvalue weighted by Gasteiger charge is 2.08. The Bertz CT molecular complexity index is 196. The van der Waals surface area contributed by atoms with E-state index < -0.39 is 0 Å². The number of carbonyl (C=O) groups excluding carboxylic acids is 1. The first-order chi connectivity index (χ1) is 8.15. The number of hydrogen-bond acceptors (Lipinski definition) is 3. The van der Waals surface area contributed by atoms with Crippen molar-refractivity contribution in [1.82, 2.24) is 10.2 Å². The van der Waals surface area contributed by atoms with Gasteiger partial charge in [-0.1, -0.05) is 6.92 Å². The lowest BCUT2D eigenvalue weighted by molar-refractivity contribution is -0.127. The molecule has 0 saturated carbocycles. The molecular formula is C13H28N2OS. The molecule has 1 N–H and O–H groups in total. The molecule has 0 aliphatic heterocycles. The van der Waals surface area contributed by atoms with Gasteiger partial charge in [-0.2, -0.15) is 11.8 Å². The summed E-state index contributed by atoms with van der Waals surface area (Å²) in [6, 6.07) is 0.596. The van der Waals surface area contributed by atoms with E-state index in [1.807, 2.05) is 18.7 Å². The summed E-state index contributed by atoms with van der Waals surface area (Å²) in [5, 5.41) is 3.40. The largest absolute Gasteiger partial charge is 0.343 e. The molecule has 0 aromatic carbocycles. The van der Waals surface area contributed by atoms with E-state index in [1.165, 1.54) is 12.8 Å². The average Bonchev–Trinajstić information content (AvgIpc) is 2.30. The Morgan fingerprint density at radius 1 is 1.29 bits per heavy atom. The summed E-state index contributed by atoms with van der Waals surface area (Å²) >= 11 is 1.76. The molecule has 0 spiro atoms. The Labute approximate surface area is 111 Å². The van der Waals surface area contributed by atoms with Gasteiger partial charge in [0.2, 0.25) is 5.91 Å². The molecule has 0 aliphatic carbocycles. The third-order valence-electron chi connectivity index (χ3n) is 2.82. The maximum Gasteiger partial charge on any atom is 0.232 e. The smallest absolute Gasteiger partial charge is 0.232 e. The third kappa shape index (κ3) is 8.50. The second-order valence-electron chi connectivity index (χ2n) is 4.22. The van der Waals surface area contributed by atoms with Gasteiger partial charge < -0.3 is 10.2 Å². The van der Waals surface area contributed by atoms with Crippen LogP contribution in [0.2, 0.25) is 0 Å². The Morgan fingerprint density at radius 2 is 1.94 bits per heavy atom. The summed E-state index contributed by atoms with van der Waals surface area (Å²) in [7, 11) is 0. The van der Waals surface area contributed by atoms with Crippen molar-refractivity contribution in [2.75, 3.05) is 31.1 Å². The molecule has 1 unspecified atom stereocenters. The average molecular weight is 260 g/mol. The van der Waals surface area contributed by atoms with Gasteiger partial charge in [-0.25, -0.2) is 0 Å². The fourth-order valence-corrected chi connectivity index (χ4v) is 2.64. The highest BCUT2D eigenvalue weighted by atomic mass is 32.2. The van der Waals surface area contributed by atoms with Crippen molar-refractivity contribution in [3.63, 3.8) is 0 Å². The monoisotopic (exact) mass is 260 g/mol. The summed E-state index contributed by atoms with van der Waals surface area (Å²) in [4.78, 5) is 13.6.